The summed E-state index contributed by atoms with van der Waals surface area (Å²) >= 11 is 0. The van der Waals surface area contributed by atoms with Crippen LogP contribution in [-0.4, -0.2) is 59.0 Å². The number of aliphatic hydroxyl groups is 1. The number of rotatable bonds is 7. The number of imidazole rings is 1. The van der Waals surface area contributed by atoms with Gasteiger partial charge in [0.2, 0.25) is 0 Å². The number of likely N-dealkylation sites (N-methyl/N-ethyl adjacent to an activating group) is 1. The zero-order valence-corrected chi connectivity index (χ0v) is 13.5. The first kappa shape index (κ1) is 18.2. The minimum Gasteiger partial charge on any atom is -0.389 e. The van der Waals surface area contributed by atoms with Gasteiger partial charge in [-0.25, -0.2) is 4.98 Å². The molecule has 0 bridgehead atoms. The molecule has 1 aromatic rings. The topological polar surface area (TPSA) is 50.5 Å². The number of fused-ring (bicyclic) bond motifs is 1. The molecule has 1 N–H and O–H groups in total. The van der Waals surface area contributed by atoms with E-state index in [0.717, 1.165) is 19.2 Å². The van der Waals surface area contributed by atoms with E-state index in [9.17, 15) is 18.3 Å². The molecule has 132 valence electrons. The standard InChI is InChI=1S/C15H24F3N3O2/c1-3-23-10-12(22)8-20(2)6-11-4-5-14-19-13(15(16,17)18)9-21(14)7-11/h9,11-12,22H,3-8,10H2,1-2H3/t11-,12-/m1/s1. The molecule has 0 unspecified atom stereocenters. The van der Waals surface area contributed by atoms with Gasteiger partial charge in [0.1, 0.15) is 5.82 Å². The minimum atomic E-state index is -4.39. The van der Waals surface area contributed by atoms with Crippen molar-refractivity contribution < 1.29 is 23.0 Å². The molecule has 0 aromatic carbocycles. The van der Waals surface area contributed by atoms with Crippen LogP contribution in [-0.2, 0) is 23.9 Å². The Morgan fingerprint density at radius 2 is 2.26 bits per heavy atom. The normalized spacial score (nSPS) is 19.9. The van der Waals surface area contributed by atoms with E-state index in [4.69, 9.17) is 4.74 Å². The van der Waals surface area contributed by atoms with Crippen LogP contribution in [0.25, 0.3) is 0 Å². The number of aryl methyl sites for hydroxylation is 1. The Kier molecular flexibility index (Phi) is 6.05. The lowest BCUT2D eigenvalue weighted by Crippen LogP contribution is -2.37. The number of hydrogen-bond donors (Lipinski definition) is 1. The molecule has 0 amide bonds. The molecule has 23 heavy (non-hydrogen) atoms. The Bertz CT molecular complexity index is 505. The van der Waals surface area contributed by atoms with E-state index < -0.39 is 18.0 Å². The average Bonchev–Trinajstić information content (AvgIpc) is 2.88. The lowest BCUT2D eigenvalue weighted by Gasteiger charge is -2.29. The number of halogens is 3. The Labute approximate surface area is 134 Å². The fraction of sp³-hybridized carbons (Fsp3) is 0.800. The molecule has 1 aromatic heterocycles. The Morgan fingerprint density at radius 3 is 2.91 bits per heavy atom. The third-order valence-electron chi connectivity index (χ3n) is 3.99. The van der Waals surface area contributed by atoms with Crippen LogP contribution < -0.4 is 0 Å². The van der Waals surface area contributed by atoms with Crippen LogP contribution >= 0.6 is 0 Å². The van der Waals surface area contributed by atoms with E-state index in [1.807, 2.05) is 18.9 Å². The van der Waals surface area contributed by atoms with Gasteiger partial charge in [0.25, 0.3) is 0 Å². The molecule has 1 aliphatic rings. The molecule has 0 aliphatic carbocycles. The monoisotopic (exact) mass is 335 g/mol. The number of ether oxygens (including phenoxy) is 1. The van der Waals surface area contributed by atoms with Crippen molar-refractivity contribution in [3.05, 3.63) is 17.7 Å². The molecular formula is C15H24F3N3O2. The van der Waals surface area contributed by atoms with Gasteiger partial charge in [-0.3, -0.25) is 0 Å². The molecule has 2 atom stereocenters. The fourth-order valence-corrected chi connectivity index (χ4v) is 2.98. The molecular weight excluding hydrogens is 311 g/mol. The highest BCUT2D eigenvalue weighted by atomic mass is 19.4. The molecule has 8 heteroatoms. The van der Waals surface area contributed by atoms with Gasteiger partial charge in [-0.05, 0) is 26.3 Å². The van der Waals surface area contributed by atoms with Crippen LogP contribution in [0.15, 0.2) is 6.20 Å². The maximum atomic E-state index is 12.7. The summed E-state index contributed by atoms with van der Waals surface area (Å²) in [5.74, 6) is 0.759. The zero-order chi connectivity index (χ0) is 17.0. The highest BCUT2D eigenvalue weighted by Crippen LogP contribution is 2.30. The van der Waals surface area contributed by atoms with Gasteiger partial charge in [-0.15, -0.1) is 0 Å². The second-order valence-electron chi connectivity index (χ2n) is 6.13. The first-order valence-corrected chi connectivity index (χ1v) is 7.87. The summed E-state index contributed by atoms with van der Waals surface area (Å²) in [5.41, 5.74) is -0.811. The van der Waals surface area contributed by atoms with E-state index in [2.05, 4.69) is 4.98 Å². The summed E-state index contributed by atoms with van der Waals surface area (Å²) in [4.78, 5) is 5.69. The Hall–Kier alpha value is -1.12. The van der Waals surface area contributed by atoms with Crippen LogP contribution in [0, 0.1) is 5.92 Å². The summed E-state index contributed by atoms with van der Waals surface area (Å²) in [6.07, 6.45) is -2.48. The maximum Gasteiger partial charge on any atom is 0.434 e. The van der Waals surface area contributed by atoms with Crippen molar-refractivity contribution in [3.63, 3.8) is 0 Å². The van der Waals surface area contributed by atoms with Crippen molar-refractivity contribution in [2.75, 3.05) is 33.4 Å². The van der Waals surface area contributed by atoms with Gasteiger partial charge < -0.3 is 19.3 Å². The third kappa shape index (κ3) is 5.19. The first-order valence-electron chi connectivity index (χ1n) is 7.87. The van der Waals surface area contributed by atoms with E-state index >= 15 is 0 Å². The van der Waals surface area contributed by atoms with Crippen molar-refractivity contribution in [3.8, 4) is 0 Å². The number of hydrogen-bond acceptors (Lipinski definition) is 4. The predicted octanol–water partition coefficient (Wildman–Crippen LogP) is 1.79. The van der Waals surface area contributed by atoms with Gasteiger partial charge in [-0.2, -0.15) is 13.2 Å². The second-order valence-corrected chi connectivity index (χ2v) is 6.13. The summed E-state index contributed by atoms with van der Waals surface area (Å²) in [6.45, 7) is 4.48. The van der Waals surface area contributed by atoms with E-state index in [-0.39, 0.29) is 5.92 Å². The lowest BCUT2D eigenvalue weighted by molar-refractivity contribution is -0.141. The minimum absolute atomic E-state index is 0.252. The average molecular weight is 335 g/mol. The summed E-state index contributed by atoms with van der Waals surface area (Å²) in [6, 6.07) is 0. The van der Waals surface area contributed by atoms with Gasteiger partial charge in [-0.1, -0.05) is 0 Å². The third-order valence-corrected chi connectivity index (χ3v) is 3.99. The molecule has 0 radical (unpaired) electrons. The zero-order valence-electron chi connectivity index (χ0n) is 13.5. The van der Waals surface area contributed by atoms with E-state index in [1.165, 1.54) is 0 Å². The SMILES string of the molecule is CCOC[C@H](O)CN(C)C[C@H]1CCc2nc(C(F)(F)F)cn2C1. The fourth-order valence-electron chi connectivity index (χ4n) is 2.98. The van der Waals surface area contributed by atoms with Crippen LogP contribution in [0.1, 0.15) is 24.9 Å². The molecule has 5 nitrogen and oxygen atoms in total. The van der Waals surface area contributed by atoms with Gasteiger partial charge in [0.05, 0.1) is 12.7 Å². The van der Waals surface area contributed by atoms with Crippen molar-refractivity contribution >= 4 is 0 Å². The van der Waals surface area contributed by atoms with E-state index in [1.54, 1.807) is 4.57 Å². The molecule has 0 spiro atoms. The molecule has 2 heterocycles. The van der Waals surface area contributed by atoms with E-state index in [0.29, 0.717) is 38.5 Å². The van der Waals surface area contributed by atoms with Crippen LogP contribution in [0.4, 0.5) is 13.2 Å². The van der Waals surface area contributed by atoms with Crippen molar-refractivity contribution in [2.45, 2.75) is 38.6 Å². The highest BCUT2D eigenvalue weighted by molar-refractivity contribution is 5.09. The van der Waals surface area contributed by atoms with Crippen molar-refractivity contribution in [1.82, 2.24) is 14.5 Å². The Balaban J connectivity index is 1.86. The molecule has 0 fully saturated rings. The number of alkyl halides is 3. The lowest BCUT2D eigenvalue weighted by atomic mass is 9.99. The summed E-state index contributed by atoms with van der Waals surface area (Å²) in [5, 5.41) is 9.82. The van der Waals surface area contributed by atoms with Crippen molar-refractivity contribution in [1.29, 1.82) is 0 Å². The number of nitrogens with zero attached hydrogens (tertiary/aromatic N) is 3. The highest BCUT2D eigenvalue weighted by Gasteiger charge is 2.35. The summed E-state index contributed by atoms with van der Waals surface area (Å²) in [7, 11) is 1.90. The molecule has 0 saturated heterocycles. The largest absolute Gasteiger partial charge is 0.434 e. The van der Waals surface area contributed by atoms with Crippen LogP contribution in [0.2, 0.25) is 0 Å². The van der Waals surface area contributed by atoms with Gasteiger partial charge in [0, 0.05) is 38.9 Å². The maximum absolute atomic E-state index is 12.7. The first-order chi connectivity index (χ1) is 10.8. The van der Waals surface area contributed by atoms with Gasteiger partial charge in [0.15, 0.2) is 5.69 Å². The molecule has 2 rings (SSSR count). The summed E-state index contributed by atoms with van der Waals surface area (Å²) < 4.78 is 44.9. The smallest absolute Gasteiger partial charge is 0.389 e. The Morgan fingerprint density at radius 1 is 1.52 bits per heavy atom. The second kappa shape index (κ2) is 7.63. The van der Waals surface area contributed by atoms with Gasteiger partial charge >= 0.3 is 6.18 Å². The predicted molar refractivity (Wildman–Crippen MR) is 79.0 cm³/mol. The van der Waals surface area contributed by atoms with Crippen LogP contribution in [0.5, 0.6) is 0 Å². The van der Waals surface area contributed by atoms with Crippen molar-refractivity contribution in [2.24, 2.45) is 5.92 Å². The number of aliphatic hydroxyl groups excluding tert-OH is 1. The molecule has 0 saturated carbocycles. The number of aromatic nitrogens is 2. The quantitative estimate of drug-likeness (QED) is 0.825. The molecule has 1 aliphatic heterocycles. The van der Waals surface area contributed by atoms with Crippen LogP contribution in [0.3, 0.4) is 0 Å².